The highest BCUT2D eigenvalue weighted by atomic mass is 16.5. The summed E-state index contributed by atoms with van der Waals surface area (Å²) in [4.78, 5) is 8.13. The molecule has 1 aromatic rings. The lowest BCUT2D eigenvalue weighted by atomic mass is 10.3. The minimum absolute atomic E-state index is 0.0240. The summed E-state index contributed by atoms with van der Waals surface area (Å²) >= 11 is 0. The fourth-order valence-corrected chi connectivity index (χ4v) is 1.38. The minimum Gasteiger partial charge on any atom is -0.473 e. The van der Waals surface area contributed by atoms with Crippen LogP contribution >= 0.6 is 0 Å². The molecule has 0 aromatic carbocycles. The van der Waals surface area contributed by atoms with Crippen LogP contribution in [0, 0.1) is 0 Å². The van der Waals surface area contributed by atoms with Crippen molar-refractivity contribution < 1.29 is 9.47 Å². The fourth-order valence-electron chi connectivity index (χ4n) is 1.38. The number of nitrogen functional groups attached to an aromatic ring is 1. The number of aromatic nitrogens is 2. The Hall–Kier alpha value is -1.56. The Morgan fingerprint density at radius 1 is 1.33 bits per heavy atom. The Morgan fingerprint density at radius 2 is 2.06 bits per heavy atom. The predicted octanol–water partition coefficient (Wildman–Crippen LogP) is 1.68. The number of ether oxygens (including phenoxy) is 2. The molecule has 1 aromatic heterocycles. The summed E-state index contributed by atoms with van der Waals surface area (Å²) in [5, 5.41) is 3.18. The van der Waals surface area contributed by atoms with Crippen molar-refractivity contribution in [3.8, 4) is 5.88 Å². The van der Waals surface area contributed by atoms with Gasteiger partial charge in [-0.25, -0.2) is 4.98 Å². The number of hydrogen-bond acceptors (Lipinski definition) is 6. The lowest BCUT2D eigenvalue weighted by Gasteiger charge is -2.17. The molecule has 0 fully saturated rings. The summed E-state index contributed by atoms with van der Waals surface area (Å²) in [6.07, 6.45) is 1.46. The molecule has 1 rings (SSSR count). The average molecular weight is 254 g/mol. The molecule has 0 bridgehead atoms. The van der Waals surface area contributed by atoms with Crippen LogP contribution in [0.15, 0.2) is 6.33 Å². The number of hydrogen-bond donors (Lipinski definition) is 2. The number of nitrogens with two attached hydrogens (primary N) is 1. The molecule has 0 aliphatic heterocycles. The monoisotopic (exact) mass is 254 g/mol. The van der Waals surface area contributed by atoms with E-state index >= 15 is 0 Å². The zero-order valence-electron chi connectivity index (χ0n) is 11.4. The van der Waals surface area contributed by atoms with Gasteiger partial charge in [0.1, 0.15) is 12.0 Å². The van der Waals surface area contributed by atoms with Gasteiger partial charge in [0.05, 0.1) is 12.7 Å². The molecule has 0 radical (unpaired) electrons. The van der Waals surface area contributed by atoms with Gasteiger partial charge < -0.3 is 20.5 Å². The predicted molar refractivity (Wildman–Crippen MR) is 71.8 cm³/mol. The molecule has 102 valence electrons. The Kier molecular flexibility index (Phi) is 5.64. The molecule has 6 heteroatoms. The molecule has 0 aliphatic rings. The van der Waals surface area contributed by atoms with E-state index in [1.165, 1.54) is 6.33 Å². The van der Waals surface area contributed by atoms with Crippen LogP contribution < -0.4 is 15.8 Å². The quantitative estimate of drug-likeness (QED) is 0.770. The molecular weight excluding hydrogens is 232 g/mol. The number of rotatable bonds is 7. The van der Waals surface area contributed by atoms with Gasteiger partial charge in [-0.2, -0.15) is 4.98 Å². The van der Waals surface area contributed by atoms with E-state index in [4.69, 9.17) is 15.2 Å². The van der Waals surface area contributed by atoms with Gasteiger partial charge in [-0.05, 0) is 27.7 Å². The number of anilines is 2. The number of nitrogens with one attached hydrogen (secondary N) is 1. The first-order chi connectivity index (χ1) is 8.54. The molecule has 18 heavy (non-hydrogen) atoms. The summed E-state index contributed by atoms with van der Waals surface area (Å²) in [5.41, 5.74) is 6.38. The summed E-state index contributed by atoms with van der Waals surface area (Å²) in [5.74, 6) is 0.985. The first kappa shape index (κ1) is 14.5. The topological polar surface area (TPSA) is 82.3 Å². The van der Waals surface area contributed by atoms with Crippen LogP contribution in [0.4, 0.5) is 11.5 Å². The fraction of sp³-hybridized carbons (Fsp3) is 0.667. The molecule has 3 N–H and O–H groups in total. The van der Waals surface area contributed by atoms with Crippen LogP contribution in [0.25, 0.3) is 0 Å². The first-order valence-electron chi connectivity index (χ1n) is 6.16. The van der Waals surface area contributed by atoms with Gasteiger partial charge in [0, 0.05) is 12.6 Å². The maximum Gasteiger partial charge on any atom is 0.242 e. The van der Waals surface area contributed by atoms with Crippen molar-refractivity contribution >= 4 is 11.5 Å². The highest BCUT2D eigenvalue weighted by Crippen LogP contribution is 2.25. The molecular formula is C12H22N4O2. The van der Waals surface area contributed by atoms with E-state index in [2.05, 4.69) is 15.3 Å². The molecule has 1 heterocycles. The lowest BCUT2D eigenvalue weighted by molar-refractivity contribution is 0.141. The summed E-state index contributed by atoms with van der Waals surface area (Å²) < 4.78 is 10.8. The Labute approximate surface area is 108 Å². The minimum atomic E-state index is 0.0240. The Balaban J connectivity index is 2.71. The molecule has 1 atom stereocenters. The second-order valence-corrected chi connectivity index (χ2v) is 4.31. The average Bonchev–Trinajstić information content (AvgIpc) is 2.31. The highest BCUT2D eigenvalue weighted by molar-refractivity contribution is 5.66. The molecule has 0 spiro atoms. The second kappa shape index (κ2) is 7.00. The normalized spacial score (nSPS) is 12.5. The molecule has 0 saturated carbocycles. The van der Waals surface area contributed by atoms with Crippen LogP contribution in [0.1, 0.15) is 27.7 Å². The van der Waals surface area contributed by atoms with E-state index in [-0.39, 0.29) is 12.1 Å². The largest absolute Gasteiger partial charge is 0.473 e. The standard InChI is InChI=1S/C12H22N4O2/c1-5-17-6-9(4)16-11-10(13)12(15-7-14-11)18-8(2)3/h7-9H,5-6,13H2,1-4H3,(H,14,15,16). The van der Waals surface area contributed by atoms with Crippen molar-refractivity contribution in [3.05, 3.63) is 6.33 Å². The zero-order valence-corrected chi connectivity index (χ0v) is 11.4. The van der Waals surface area contributed by atoms with Gasteiger partial charge in [0.2, 0.25) is 5.88 Å². The third kappa shape index (κ3) is 4.37. The Morgan fingerprint density at radius 3 is 2.67 bits per heavy atom. The van der Waals surface area contributed by atoms with Crippen LogP contribution in [0.5, 0.6) is 5.88 Å². The van der Waals surface area contributed by atoms with Gasteiger partial charge in [-0.3, -0.25) is 0 Å². The van der Waals surface area contributed by atoms with Gasteiger partial charge >= 0.3 is 0 Å². The molecule has 0 amide bonds. The molecule has 0 saturated heterocycles. The highest BCUT2D eigenvalue weighted by Gasteiger charge is 2.12. The van der Waals surface area contributed by atoms with Gasteiger partial charge in [0.25, 0.3) is 0 Å². The van der Waals surface area contributed by atoms with E-state index in [1.807, 2.05) is 27.7 Å². The second-order valence-electron chi connectivity index (χ2n) is 4.31. The van der Waals surface area contributed by atoms with Crippen LogP contribution in [-0.4, -0.2) is 35.3 Å². The third-order valence-corrected chi connectivity index (χ3v) is 2.15. The van der Waals surface area contributed by atoms with E-state index < -0.39 is 0 Å². The van der Waals surface area contributed by atoms with E-state index in [9.17, 15) is 0 Å². The SMILES string of the molecule is CCOCC(C)Nc1ncnc(OC(C)C)c1N. The zero-order chi connectivity index (χ0) is 13.5. The van der Waals surface area contributed by atoms with Crippen molar-refractivity contribution in [1.82, 2.24) is 9.97 Å². The van der Waals surface area contributed by atoms with Crippen molar-refractivity contribution in [3.63, 3.8) is 0 Å². The summed E-state index contributed by atoms with van der Waals surface area (Å²) in [6, 6.07) is 0.119. The van der Waals surface area contributed by atoms with Crippen LogP contribution in [-0.2, 0) is 4.74 Å². The van der Waals surface area contributed by atoms with Crippen LogP contribution in [0.2, 0.25) is 0 Å². The van der Waals surface area contributed by atoms with E-state index in [0.717, 1.165) is 0 Å². The maximum atomic E-state index is 5.96. The smallest absolute Gasteiger partial charge is 0.242 e. The van der Waals surface area contributed by atoms with E-state index in [0.29, 0.717) is 30.6 Å². The third-order valence-electron chi connectivity index (χ3n) is 2.15. The van der Waals surface area contributed by atoms with Gasteiger partial charge in [0.15, 0.2) is 5.82 Å². The number of nitrogens with zero attached hydrogens (tertiary/aromatic N) is 2. The first-order valence-corrected chi connectivity index (χ1v) is 6.16. The van der Waals surface area contributed by atoms with Gasteiger partial charge in [-0.15, -0.1) is 0 Å². The van der Waals surface area contributed by atoms with Gasteiger partial charge in [-0.1, -0.05) is 0 Å². The van der Waals surface area contributed by atoms with Crippen molar-refractivity contribution in [2.24, 2.45) is 0 Å². The Bertz CT molecular complexity index is 371. The van der Waals surface area contributed by atoms with Crippen molar-refractivity contribution in [2.75, 3.05) is 24.3 Å². The van der Waals surface area contributed by atoms with E-state index in [1.54, 1.807) is 0 Å². The maximum absolute atomic E-state index is 5.96. The lowest BCUT2D eigenvalue weighted by Crippen LogP contribution is -2.23. The molecule has 1 unspecified atom stereocenters. The van der Waals surface area contributed by atoms with Crippen LogP contribution in [0.3, 0.4) is 0 Å². The molecule has 6 nitrogen and oxygen atoms in total. The van der Waals surface area contributed by atoms with Crippen molar-refractivity contribution in [1.29, 1.82) is 0 Å². The molecule has 0 aliphatic carbocycles. The summed E-state index contributed by atoms with van der Waals surface area (Å²) in [7, 11) is 0. The van der Waals surface area contributed by atoms with Crippen molar-refractivity contribution in [2.45, 2.75) is 39.8 Å². The summed E-state index contributed by atoms with van der Waals surface area (Å²) in [6.45, 7) is 9.09.